The summed E-state index contributed by atoms with van der Waals surface area (Å²) in [6.07, 6.45) is -0.0884. The van der Waals surface area contributed by atoms with E-state index in [2.05, 4.69) is 26.6 Å². The van der Waals surface area contributed by atoms with Crippen molar-refractivity contribution in [3.63, 3.8) is 0 Å². The number of nitrogens with one attached hydrogen (secondary N) is 2. The van der Waals surface area contributed by atoms with Crippen LogP contribution in [0.25, 0.3) is 0 Å². The number of urea groups is 1. The first-order valence-corrected chi connectivity index (χ1v) is 6.50. The first-order chi connectivity index (χ1) is 9.29. The molecule has 0 aliphatic heterocycles. The fourth-order valence-corrected chi connectivity index (χ4v) is 1.96. The van der Waals surface area contributed by atoms with Gasteiger partial charge in [0.2, 0.25) is 0 Å². The monoisotopic (exact) mass is 350 g/mol. The summed E-state index contributed by atoms with van der Waals surface area (Å²) in [5.41, 5.74) is -0.185. The second kappa shape index (κ2) is 7.18. The molecule has 0 saturated heterocycles. The highest BCUT2D eigenvalue weighted by Gasteiger charge is 2.14. The van der Waals surface area contributed by atoms with Gasteiger partial charge >= 0.3 is 12.0 Å². The molecule has 0 bridgehead atoms. The van der Waals surface area contributed by atoms with Crippen molar-refractivity contribution in [3.05, 3.63) is 28.2 Å². The molecule has 0 radical (unpaired) electrons. The fraction of sp³-hybridized carbons (Fsp3) is 0.333. The van der Waals surface area contributed by atoms with Crippen molar-refractivity contribution in [2.75, 3.05) is 11.9 Å². The van der Waals surface area contributed by atoms with Gasteiger partial charge in [-0.05, 0) is 27.9 Å². The molecule has 0 heterocycles. The highest BCUT2D eigenvalue weighted by atomic mass is 79.9. The van der Waals surface area contributed by atoms with Gasteiger partial charge in [0.25, 0.3) is 0 Å². The molecule has 0 aromatic heterocycles. The Morgan fingerprint density at radius 3 is 2.60 bits per heavy atom. The van der Waals surface area contributed by atoms with E-state index in [-0.39, 0.29) is 29.0 Å². The third kappa shape index (κ3) is 5.12. The van der Waals surface area contributed by atoms with Gasteiger partial charge in [0.1, 0.15) is 5.82 Å². The lowest BCUT2D eigenvalue weighted by Gasteiger charge is -2.12. The number of carbonyl (C=O) groups is 2. The molecule has 0 aliphatic rings. The largest absolute Gasteiger partial charge is 0.481 e. The minimum absolute atomic E-state index is 0.0729. The van der Waals surface area contributed by atoms with Crippen LogP contribution in [0.3, 0.4) is 0 Å². The van der Waals surface area contributed by atoms with Gasteiger partial charge in [-0.1, -0.05) is 6.92 Å². The zero-order valence-electron chi connectivity index (χ0n) is 10.5. The average Bonchev–Trinajstić information content (AvgIpc) is 2.30. The van der Waals surface area contributed by atoms with E-state index in [0.29, 0.717) is 6.07 Å². The first kappa shape index (κ1) is 16.4. The summed E-state index contributed by atoms with van der Waals surface area (Å²) in [7, 11) is 0. The van der Waals surface area contributed by atoms with Crippen LogP contribution in [-0.2, 0) is 4.79 Å². The third-order valence-electron chi connectivity index (χ3n) is 2.38. The summed E-state index contributed by atoms with van der Waals surface area (Å²) in [6.45, 7) is 1.78. The third-order valence-corrected chi connectivity index (χ3v) is 3.00. The molecule has 3 N–H and O–H groups in total. The van der Waals surface area contributed by atoms with Gasteiger partial charge in [-0.15, -0.1) is 0 Å². The van der Waals surface area contributed by atoms with Crippen LogP contribution >= 0.6 is 15.9 Å². The van der Waals surface area contributed by atoms with E-state index in [9.17, 15) is 18.4 Å². The predicted molar refractivity (Wildman–Crippen MR) is 72.5 cm³/mol. The number of halogens is 3. The van der Waals surface area contributed by atoms with Gasteiger partial charge in [0.15, 0.2) is 5.82 Å². The van der Waals surface area contributed by atoms with Gasteiger partial charge in [0, 0.05) is 23.5 Å². The molecule has 0 spiro atoms. The lowest BCUT2D eigenvalue weighted by Crippen LogP contribution is -2.33. The van der Waals surface area contributed by atoms with E-state index in [1.54, 1.807) is 6.92 Å². The van der Waals surface area contributed by atoms with Crippen LogP contribution in [-0.4, -0.2) is 23.7 Å². The van der Waals surface area contributed by atoms with Crippen molar-refractivity contribution in [2.24, 2.45) is 5.92 Å². The highest BCUT2D eigenvalue weighted by molar-refractivity contribution is 9.10. The number of carbonyl (C=O) groups excluding carboxylic acids is 1. The molecular formula is C12H13BrF2N2O3. The predicted octanol–water partition coefficient (Wildman–Crippen LogP) is 2.96. The molecule has 0 saturated carbocycles. The Morgan fingerprint density at radius 1 is 1.40 bits per heavy atom. The molecule has 1 unspecified atom stereocenters. The van der Waals surface area contributed by atoms with Crippen molar-refractivity contribution in [2.45, 2.75) is 13.3 Å². The molecule has 20 heavy (non-hydrogen) atoms. The quantitative estimate of drug-likeness (QED) is 0.763. The Kier molecular flexibility index (Phi) is 5.87. The van der Waals surface area contributed by atoms with Crippen LogP contribution in [0, 0.1) is 17.6 Å². The lowest BCUT2D eigenvalue weighted by atomic mass is 10.1. The summed E-state index contributed by atoms with van der Waals surface area (Å²) in [5, 5.41) is 13.2. The van der Waals surface area contributed by atoms with Crippen LogP contribution in [0.2, 0.25) is 0 Å². The van der Waals surface area contributed by atoms with Gasteiger partial charge in [0.05, 0.1) is 5.69 Å². The van der Waals surface area contributed by atoms with Crippen molar-refractivity contribution >= 4 is 33.6 Å². The Bertz CT molecular complexity index is 502. The highest BCUT2D eigenvalue weighted by Crippen LogP contribution is 2.26. The number of carboxylic acid groups (broad SMARTS) is 1. The molecule has 2 amide bonds. The Hall–Kier alpha value is -1.70. The number of hydrogen-bond acceptors (Lipinski definition) is 2. The molecule has 1 atom stereocenters. The standard InChI is InChI=1S/C12H13BrF2N2O3/c1-6(2-10(18)19)5-16-12(20)17-11-8(13)3-7(14)4-9(11)15/h3-4,6H,2,5H2,1H3,(H,18,19)(H2,16,17,20). The van der Waals surface area contributed by atoms with Gasteiger partial charge in [-0.3, -0.25) is 4.79 Å². The number of anilines is 1. The van der Waals surface area contributed by atoms with Gasteiger partial charge < -0.3 is 15.7 Å². The van der Waals surface area contributed by atoms with E-state index in [4.69, 9.17) is 5.11 Å². The van der Waals surface area contributed by atoms with E-state index >= 15 is 0 Å². The molecule has 0 aliphatic carbocycles. The number of amides is 2. The molecular weight excluding hydrogens is 338 g/mol. The topological polar surface area (TPSA) is 78.4 Å². The summed E-state index contributed by atoms with van der Waals surface area (Å²) >= 11 is 2.94. The van der Waals surface area contributed by atoms with E-state index < -0.39 is 23.6 Å². The van der Waals surface area contributed by atoms with E-state index in [1.807, 2.05) is 0 Å². The smallest absolute Gasteiger partial charge is 0.319 e. The van der Waals surface area contributed by atoms with Crippen LogP contribution in [0.4, 0.5) is 19.3 Å². The molecule has 0 fully saturated rings. The number of aliphatic carboxylic acids is 1. The Labute approximate surface area is 122 Å². The van der Waals surface area contributed by atoms with Crippen LogP contribution in [0.1, 0.15) is 13.3 Å². The van der Waals surface area contributed by atoms with Crippen molar-refractivity contribution in [3.8, 4) is 0 Å². The second-order valence-electron chi connectivity index (χ2n) is 4.28. The summed E-state index contributed by atoms with van der Waals surface area (Å²) in [6, 6.07) is 0.965. The van der Waals surface area contributed by atoms with Crippen LogP contribution < -0.4 is 10.6 Å². The lowest BCUT2D eigenvalue weighted by molar-refractivity contribution is -0.137. The summed E-state index contributed by atoms with van der Waals surface area (Å²) in [5.74, 6) is -2.91. The number of rotatable bonds is 5. The maximum Gasteiger partial charge on any atom is 0.319 e. The van der Waals surface area contributed by atoms with E-state index in [0.717, 1.165) is 6.07 Å². The number of carboxylic acids is 1. The van der Waals surface area contributed by atoms with Crippen molar-refractivity contribution < 1.29 is 23.5 Å². The molecule has 5 nitrogen and oxygen atoms in total. The molecule has 110 valence electrons. The summed E-state index contributed by atoms with van der Waals surface area (Å²) < 4.78 is 26.4. The van der Waals surface area contributed by atoms with Gasteiger partial charge in [-0.2, -0.15) is 0 Å². The maximum atomic E-state index is 13.5. The molecule has 8 heteroatoms. The zero-order chi connectivity index (χ0) is 15.3. The van der Waals surface area contributed by atoms with Gasteiger partial charge in [-0.25, -0.2) is 13.6 Å². The average molecular weight is 351 g/mol. The van der Waals surface area contributed by atoms with Crippen molar-refractivity contribution in [1.29, 1.82) is 0 Å². The van der Waals surface area contributed by atoms with E-state index in [1.165, 1.54) is 0 Å². The SMILES string of the molecule is CC(CNC(=O)Nc1c(F)cc(F)cc1Br)CC(=O)O. The Balaban J connectivity index is 2.57. The van der Waals surface area contributed by atoms with Crippen molar-refractivity contribution in [1.82, 2.24) is 5.32 Å². The normalized spacial score (nSPS) is 11.8. The maximum absolute atomic E-state index is 13.5. The van der Waals surface area contributed by atoms with Crippen LogP contribution in [0.5, 0.6) is 0 Å². The minimum Gasteiger partial charge on any atom is -0.481 e. The Morgan fingerprint density at radius 2 is 2.05 bits per heavy atom. The minimum atomic E-state index is -0.966. The number of hydrogen-bond donors (Lipinski definition) is 3. The fourth-order valence-electron chi connectivity index (χ4n) is 1.46. The molecule has 1 aromatic rings. The molecule has 1 aromatic carbocycles. The molecule has 1 rings (SSSR count). The first-order valence-electron chi connectivity index (χ1n) is 5.70. The zero-order valence-corrected chi connectivity index (χ0v) is 12.1. The van der Waals surface area contributed by atoms with Crippen LogP contribution in [0.15, 0.2) is 16.6 Å². The number of benzene rings is 1. The second-order valence-corrected chi connectivity index (χ2v) is 5.14. The summed E-state index contributed by atoms with van der Waals surface area (Å²) in [4.78, 5) is 22.0.